The fourth-order valence-electron chi connectivity index (χ4n) is 2.46. The fraction of sp³-hybridized carbons (Fsp3) is 0.647. The Kier molecular flexibility index (Phi) is 6.85. The molecule has 0 aliphatic heterocycles. The predicted molar refractivity (Wildman–Crippen MR) is 79.3 cm³/mol. The van der Waals surface area contributed by atoms with Crippen LogP contribution in [0.2, 0.25) is 0 Å². The first kappa shape index (κ1) is 15.1. The van der Waals surface area contributed by atoms with Crippen molar-refractivity contribution < 1.29 is 5.11 Å². The topological polar surface area (TPSA) is 20.2 Å². The zero-order valence-electron chi connectivity index (χ0n) is 12.2. The molecule has 18 heavy (non-hydrogen) atoms. The second-order valence-electron chi connectivity index (χ2n) is 5.52. The summed E-state index contributed by atoms with van der Waals surface area (Å²) in [5, 5.41) is 9.93. The zero-order chi connectivity index (χ0) is 13.4. The van der Waals surface area contributed by atoms with E-state index < -0.39 is 0 Å². The largest absolute Gasteiger partial charge is 0.508 e. The van der Waals surface area contributed by atoms with Crippen LogP contribution < -0.4 is 0 Å². The number of aromatic hydroxyl groups is 1. The summed E-state index contributed by atoms with van der Waals surface area (Å²) in [6.07, 6.45) is 9.21. The Balaban J connectivity index is 2.29. The Morgan fingerprint density at radius 1 is 1.06 bits per heavy atom. The molecule has 0 bridgehead atoms. The molecule has 1 heteroatoms. The number of phenols is 1. The average molecular weight is 248 g/mol. The van der Waals surface area contributed by atoms with Gasteiger partial charge in [-0.1, -0.05) is 64.5 Å². The third-order valence-electron chi connectivity index (χ3n) is 3.71. The molecule has 0 amide bonds. The average Bonchev–Trinajstić information content (AvgIpc) is 2.33. The van der Waals surface area contributed by atoms with Gasteiger partial charge in [0.1, 0.15) is 5.75 Å². The molecule has 0 spiro atoms. The molecule has 1 rings (SSSR count). The summed E-state index contributed by atoms with van der Waals surface area (Å²) in [5.41, 5.74) is 2.23. The van der Waals surface area contributed by atoms with Crippen molar-refractivity contribution in [2.75, 3.05) is 0 Å². The first-order chi connectivity index (χ1) is 8.65. The van der Waals surface area contributed by atoms with E-state index in [1.807, 2.05) is 13.0 Å². The highest BCUT2D eigenvalue weighted by Gasteiger charge is 2.09. The van der Waals surface area contributed by atoms with E-state index in [0.717, 1.165) is 11.1 Å². The van der Waals surface area contributed by atoms with Crippen molar-refractivity contribution in [2.24, 2.45) is 0 Å². The second kappa shape index (κ2) is 8.18. The summed E-state index contributed by atoms with van der Waals surface area (Å²) in [4.78, 5) is 0. The number of hydrogen-bond donors (Lipinski definition) is 1. The number of rotatable bonds is 8. The molecule has 1 N–H and O–H groups in total. The first-order valence-corrected chi connectivity index (χ1v) is 7.44. The highest BCUT2D eigenvalue weighted by molar-refractivity contribution is 5.37. The van der Waals surface area contributed by atoms with E-state index in [-0.39, 0.29) is 0 Å². The number of benzene rings is 1. The lowest BCUT2D eigenvalue weighted by molar-refractivity contribution is 0.457. The quantitative estimate of drug-likeness (QED) is 0.597. The number of hydrogen-bond acceptors (Lipinski definition) is 1. The Morgan fingerprint density at radius 2 is 1.72 bits per heavy atom. The van der Waals surface area contributed by atoms with Gasteiger partial charge in [-0.3, -0.25) is 0 Å². The number of aryl methyl sites for hydroxylation is 1. The van der Waals surface area contributed by atoms with Gasteiger partial charge >= 0.3 is 0 Å². The summed E-state index contributed by atoms with van der Waals surface area (Å²) in [6, 6.07) is 6.03. The Bertz CT molecular complexity index is 343. The summed E-state index contributed by atoms with van der Waals surface area (Å²) < 4.78 is 0. The maximum atomic E-state index is 9.93. The lowest BCUT2D eigenvalue weighted by atomic mass is 9.93. The molecule has 0 aliphatic carbocycles. The van der Waals surface area contributed by atoms with Crippen LogP contribution in [0, 0.1) is 6.92 Å². The van der Waals surface area contributed by atoms with E-state index in [1.165, 1.54) is 44.9 Å². The van der Waals surface area contributed by atoms with Crippen molar-refractivity contribution in [3.63, 3.8) is 0 Å². The van der Waals surface area contributed by atoms with Crippen molar-refractivity contribution in [3.05, 3.63) is 29.3 Å². The van der Waals surface area contributed by atoms with Crippen LogP contribution in [-0.4, -0.2) is 5.11 Å². The Hall–Kier alpha value is -0.980. The maximum absolute atomic E-state index is 9.93. The summed E-state index contributed by atoms with van der Waals surface area (Å²) in [6.45, 7) is 6.49. The summed E-state index contributed by atoms with van der Waals surface area (Å²) in [5.74, 6) is 0.935. The van der Waals surface area contributed by atoms with Gasteiger partial charge in [0, 0.05) is 0 Å². The van der Waals surface area contributed by atoms with E-state index in [0.29, 0.717) is 11.7 Å². The van der Waals surface area contributed by atoms with Gasteiger partial charge in [0.2, 0.25) is 0 Å². The minimum absolute atomic E-state index is 0.466. The van der Waals surface area contributed by atoms with Crippen LogP contribution in [0.1, 0.15) is 75.8 Å². The molecule has 0 saturated heterocycles. The standard InChI is InChI=1S/C17H28O/c1-4-5-6-7-8-9-10-15(3)16-12-11-14(2)13-17(16)18/h11-13,15,18H,4-10H2,1-3H3. The lowest BCUT2D eigenvalue weighted by Crippen LogP contribution is -1.95. The van der Waals surface area contributed by atoms with E-state index in [9.17, 15) is 5.11 Å². The molecule has 102 valence electrons. The summed E-state index contributed by atoms with van der Waals surface area (Å²) in [7, 11) is 0. The molecule has 1 atom stereocenters. The Morgan fingerprint density at radius 3 is 2.39 bits per heavy atom. The fourth-order valence-corrected chi connectivity index (χ4v) is 2.46. The highest BCUT2D eigenvalue weighted by atomic mass is 16.3. The number of unbranched alkanes of at least 4 members (excludes halogenated alkanes) is 5. The van der Waals surface area contributed by atoms with Crippen molar-refractivity contribution >= 4 is 0 Å². The van der Waals surface area contributed by atoms with Gasteiger partial charge in [0.25, 0.3) is 0 Å². The van der Waals surface area contributed by atoms with Gasteiger partial charge in [0.05, 0.1) is 0 Å². The highest BCUT2D eigenvalue weighted by Crippen LogP contribution is 2.30. The van der Waals surface area contributed by atoms with Gasteiger partial charge in [0.15, 0.2) is 0 Å². The second-order valence-corrected chi connectivity index (χ2v) is 5.52. The molecular formula is C17H28O. The van der Waals surface area contributed by atoms with Crippen LogP contribution in [0.5, 0.6) is 5.75 Å². The molecule has 1 aromatic rings. The summed E-state index contributed by atoms with van der Waals surface area (Å²) >= 11 is 0. The first-order valence-electron chi connectivity index (χ1n) is 7.44. The normalized spacial score (nSPS) is 12.6. The van der Waals surface area contributed by atoms with Crippen molar-refractivity contribution in [1.82, 2.24) is 0 Å². The maximum Gasteiger partial charge on any atom is 0.119 e. The van der Waals surface area contributed by atoms with Gasteiger partial charge in [-0.25, -0.2) is 0 Å². The van der Waals surface area contributed by atoms with E-state index in [2.05, 4.69) is 26.0 Å². The minimum Gasteiger partial charge on any atom is -0.508 e. The zero-order valence-corrected chi connectivity index (χ0v) is 12.2. The van der Waals surface area contributed by atoms with Crippen LogP contribution in [-0.2, 0) is 0 Å². The molecule has 0 saturated carbocycles. The van der Waals surface area contributed by atoms with Gasteiger partial charge < -0.3 is 5.11 Å². The smallest absolute Gasteiger partial charge is 0.119 e. The molecular weight excluding hydrogens is 220 g/mol. The van der Waals surface area contributed by atoms with E-state index in [1.54, 1.807) is 0 Å². The molecule has 0 aromatic heterocycles. The predicted octanol–water partition coefficient (Wildman–Crippen LogP) is 5.55. The van der Waals surface area contributed by atoms with E-state index >= 15 is 0 Å². The SMILES string of the molecule is CCCCCCCCC(C)c1ccc(C)cc1O. The Labute approximate surface area is 112 Å². The van der Waals surface area contributed by atoms with Crippen LogP contribution >= 0.6 is 0 Å². The lowest BCUT2D eigenvalue weighted by Gasteiger charge is -2.14. The van der Waals surface area contributed by atoms with Crippen LogP contribution in [0.25, 0.3) is 0 Å². The van der Waals surface area contributed by atoms with Gasteiger partial charge in [-0.05, 0) is 36.5 Å². The third kappa shape index (κ3) is 5.12. The van der Waals surface area contributed by atoms with Crippen LogP contribution in [0.3, 0.4) is 0 Å². The molecule has 0 fully saturated rings. The van der Waals surface area contributed by atoms with Crippen molar-refractivity contribution in [3.8, 4) is 5.75 Å². The monoisotopic (exact) mass is 248 g/mol. The van der Waals surface area contributed by atoms with E-state index in [4.69, 9.17) is 0 Å². The molecule has 1 unspecified atom stereocenters. The van der Waals surface area contributed by atoms with Crippen LogP contribution in [0.4, 0.5) is 0 Å². The van der Waals surface area contributed by atoms with Gasteiger partial charge in [-0.15, -0.1) is 0 Å². The van der Waals surface area contributed by atoms with Crippen molar-refractivity contribution in [1.29, 1.82) is 0 Å². The van der Waals surface area contributed by atoms with Crippen LogP contribution in [0.15, 0.2) is 18.2 Å². The minimum atomic E-state index is 0.466. The van der Waals surface area contributed by atoms with Crippen molar-refractivity contribution in [2.45, 2.75) is 71.6 Å². The van der Waals surface area contributed by atoms with Gasteiger partial charge in [-0.2, -0.15) is 0 Å². The molecule has 0 heterocycles. The molecule has 0 radical (unpaired) electrons. The molecule has 1 aromatic carbocycles. The third-order valence-corrected chi connectivity index (χ3v) is 3.71. The molecule has 0 aliphatic rings. The number of phenolic OH excluding ortho intramolecular Hbond substituents is 1. The molecule has 1 nitrogen and oxygen atoms in total.